The van der Waals surface area contributed by atoms with Crippen molar-refractivity contribution in [2.45, 2.75) is 39.0 Å². The Kier molecular flexibility index (Phi) is 6.55. The van der Waals surface area contributed by atoms with Crippen molar-refractivity contribution >= 4 is 12.0 Å². The van der Waals surface area contributed by atoms with Gasteiger partial charge in [0.2, 0.25) is 0 Å². The van der Waals surface area contributed by atoms with Crippen molar-refractivity contribution in [2.75, 3.05) is 0 Å². The van der Waals surface area contributed by atoms with Crippen LogP contribution in [-0.4, -0.2) is 16.1 Å². The van der Waals surface area contributed by atoms with Gasteiger partial charge in [0.25, 0.3) is 0 Å². The van der Waals surface area contributed by atoms with Crippen LogP contribution in [-0.2, 0) is 11.2 Å². The highest BCUT2D eigenvalue weighted by molar-refractivity contribution is 5.85. The number of hydrogen-bond acceptors (Lipinski definition) is 2. The fourth-order valence-electron chi connectivity index (χ4n) is 2.43. The number of aliphatic carboxylic acids is 1. The van der Waals surface area contributed by atoms with Crippen LogP contribution in [0.2, 0.25) is 0 Å². The number of carboxylic acid groups (broad SMARTS) is 1. The van der Waals surface area contributed by atoms with Gasteiger partial charge >= 0.3 is 5.97 Å². The van der Waals surface area contributed by atoms with Crippen LogP contribution in [0.25, 0.3) is 17.3 Å². The van der Waals surface area contributed by atoms with Crippen molar-refractivity contribution in [3.63, 3.8) is 0 Å². The first-order valence-corrected chi connectivity index (χ1v) is 8.15. The van der Waals surface area contributed by atoms with E-state index in [0.717, 1.165) is 29.3 Å². The molecule has 120 valence electrons. The summed E-state index contributed by atoms with van der Waals surface area (Å²) >= 11 is 0. The zero-order chi connectivity index (χ0) is 16.5. The van der Waals surface area contributed by atoms with Crippen molar-refractivity contribution in [1.29, 1.82) is 0 Å². The Balaban J connectivity index is 1.97. The normalized spacial score (nSPS) is 11.0. The third kappa shape index (κ3) is 5.70. The molecule has 0 fully saturated rings. The molecular weight excluding hydrogens is 286 g/mol. The summed E-state index contributed by atoms with van der Waals surface area (Å²) in [5.74, 6) is -0.940. The second-order valence-electron chi connectivity index (χ2n) is 5.66. The molecule has 3 nitrogen and oxygen atoms in total. The molecule has 2 aromatic rings. The van der Waals surface area contributed by atoms with Crippen LogP contribution in [0.3, 0.4) is 0 Å². The average molecular weight is 309 g/mol. The molecule has 0 radical (unpaired) electrons. The molecule has 1 aromatic carbocycles. The van der Waals surface area contributed by atoms with E-state index < -0.39 is 5.97 Å². The Morgan fingerprint density at radius 3 is 2.48 bits per heavy atom. The zero-order valence-corrected chi connectivity index (χ0v) is 13.5. The van der Waals surface area contributed by atoms with E-state index in [2.05, 4.69) is 24.0 Å². The Morgan fingerprint density at radius 2 is 1.87 bits per heavy atom. The molecule has 23 heavy (non-hydrogen) atoms. The highest BCUT2D eigenvalue weighted by atomic mass is 16.4. The molecule has 0 aliphatic carbocycles. The van der Waals surface area contributed by atoms with Crippen LogP contribution < -0.4 is 0 Å². The molecule has 2 rings (SSSR count). The van der Waals surface area contributed by atoms with E-state index in [1.165, 1.54) is 31.2 Å². The maximum absolute atomic E-state index is 10.5. The maximum atomic E-state index is 10.5. The summed E-state index contributed by atoms with van der Waals surface area (Å²) in [4.78, 5) is 15.0. The number of carbonyl (C=O) groups is 1. The number of aryl methyl sites for hydroxylation is 1. The molecular formula is C20H23NO2. The topological polar surface area (TPSA) is 50.2 Å². The lowest BCUT2D eigenvalue weighted by Gasteiger charge is -2.04. The van der Waals surface area contributed by atoms with Crippen molar-refractivity contribution in [3.8, 4) is 11.3 Å². The minimum Gasteiger partial charge on any atom is -0.478 e. The molecule has 3 heteroatoms. The number of nitrogens with zero attached hydrogens (tertiary/aromatic N) is 1. The molecule has 1 N–H and O–H groups in total. The highest BCUT2D eigenvalue weighted by Gasteiger charge is 2.00. The van der Waals surface area contributed by atoms with Crippen molar-refractivity contribution < 1.29 is 9.90 Å². The molecule has 0 spiro atoms. The molecule has 1 heterocycles. The lowest BCUT2D eigenvalue weighted by molar-refractivity contribution is -0.131. The summed E-state index contributed by atoms with van der Waals surface area (Å²) in [6.07, 6.45) is 10.8. The van der Waals surface area contributed by atoms with Gasteiger partial charge in [-0.3, -0.25) is 4.98 Å². The number of benzene rings is 1. The van der Waals surface area contributed by atoms with E-state index in [-0.39, 0.29) is 0 Å². The van der Waals surface area contributed by atoms with Crippen molar-refractivity contribution in [3.05, 3.63) is 59.8 Å². The number of unbranched alkanes of at least 4 members (excludes halogenated alkanes) is 3. The summed E-state index contributed by atoms with van der Waals surface area (Å²) in [6, 6.07) is 11.9. The van der Waals surface area contributed by atoms with Gasteiger partial charge in [-0.25, -0.2) is 4.79 Å². The van der Waals surface area contributed by atoms with Gasteiger partial charge in [0.15, 0.2) is 0 Å². The van der Waals surface area contributed by atoms with Gasteiger partial charge in [-0.05, 0) is 36.1 Å². The standard InChI is InChI=1S/C20H23NO2/c1-2-3-4-5-6-17-9-13-19(21-15-17)18-11-7-16(8-12-18)10-14-20(22)23/h7-15H,2-6H2,1H3,(H,22,23). The van der Waals surface area contributed by atoms with E-state index in [9.17, 15) is 4.79 Å². The first kappa shape index (κ1) is 16.9. The van der Waals surface area contributed by atoms with Crippen LogP contribution >= 0.6 is 0 Å². The van der Waals surface area contributed by atoms with Crippen LogP contribution in [0.1, 0.15) is 43.7 Å². The van der Waals surface area contributed by atoms with Crippen LogP contribution in [0.5, 0.6) is 0 Å². The van der Waals surface area contributed by atoms with E-state index in [1.807, 2.05) is 30.5 Å². The molecule has 0 aliphatic heterocycles. The summed E-state index contributed by atoms with van der Waals surface area (Å²) in [5, 5.41) is 8.63. The first-order valence-electron chi connectivity index (χ1n) is 8.15. The highest BCUT2D eigenvalue weighted by Crippen LogP contribution is 2.19. The molecule has 0 saturated heterocycles. The van der Waals surface area contributed by atoms with Crippen LogP contribution in [0, 0.1) is 0 Å². The minimum absolute atomic E-state index is 0.865. The lowest BCUT2D eigenvalue weighted by Crippen LogP contribution is -1.90. The Labute approximate surface area is 137 Å². The first-order chi connectivity index (χ1) is 11.2. The summed E-state index contributed by atoms with van der Waals surface area (Å²) < 4.78 is 0. The van der Waals surface area contributed by atoms with E-state index in [1.54, 1.807) is 6.08 Å². The molecule has 0 bridgehead atoms. The third-order valence-electron chi connectivity index (χ3n) is 3.77. The zero-order valence-electron chi connectivity index (χ0n) is 13.5. The molecule has 0 saturated carbocycles. The summed E-state index contributed by atoms with van der Waals surface area (Å²) in [6.45, 7) is 2.22. The second kappa shape index (κ2) is 8.89. The fraction of sp³-hybridized carbons (Fsp3) is 0.300. The molecule has 0 unspecified atom stereocenters. The smallest absolute Gasteiger partial charge is 0.328 e. The largest absolute Gasteiger partial charge is 0.478 e. The van der Waals surface area contributed by atoms with Crippen molar-refractivity contribution in [1.82, 2.24) is 4.98 Å². The predicted molar refractivity (Wildman–Crippen MR) is 94.2 cm³/mol. The summed E-state index contributed by atoms with van der Waals surface area (Å²) in [5.41, 5.74) is 4.13. The van der Waals surface area contributed by atoms with Gasteiger partial charge in [-0.15, -0.1) is 0 Å². The number of rotatable bonds is 8. The van der Waals surface area contributed by atoms with Crippen molar-refractivity contribution in [2.24, 2.45) is 0 Å². The maximum Gasteiger partial charge on any atom is 0.328 e. The minimum atomic E-state index is -0.940. The Bertz CT molecular complexity index is 642. The monoisotopic (exact) mass is 309 g/mol. The Hall–Kier alpha value is -2.42. The number of pyridine rings is 1. The lowest BCUT2D eigenvalue weighted by atomic mass is 10.1. The van der Waals surface area contributed by atoms with Crippen LogP contribution in [0.15, 0.2) is 48.7 Å². The van der Waals surface area contributed by atoms with Gasteiger partial charge in [-0.1, -0.05) is 56.5 Å². The quantitative estimate of drug-likeness (QED) is 0.553. The third-order valence-corrected chi connectivity index (χ3v) is 3.77. The SMILES string of the molecule is CCCCCCc1ccc(-c2ccc(C=CC(=O)O)cc2)nc1. The number of aromatic nitrogens is 1. The van der Waals surface area contributed by atoms with Gasteiger partial charge in [0.05, 0.1) is 5.69 Å². The average Bonchev–Trinajstić information content (AvgIpc) is 2.58. The molecule has 0 atom stereocenters. The number of hydrogen-bond donors (Lipinski definition) is 1. The van der Waals surface area contributed by atoms with E-state index in [0.29, 0.717) is 0 Å². The van der Waals surface area contributed by atoms with Gasteiger partial charge in [0.1, 0.15) is 0 Å². The van der Waals surface area contributed by atoms with Gasteiger partial charge < -0.3 is 5.11 Å². The second-order valence-corrected chi connectivity index (χ2v) is 5.66. The van der Waals surface area contributed by atoms with Gasteiger partial charge in [-0.2, -0.15) is 0 Å². The molecule has 0 aliphatic rings. The molecule has 0 amide bonds. The van der Waals surface area contributed by atoms with E-state index >= 15 is 0 Å². The van der Waals surface area contributed by atoms with Crippen LogP contribution in [0.4, 0.5) is 0 Å². The summed E-state index contributed by atoms with van der Waals surface area (Å²) in [7, 11) is 0. The van der Waals surface area contributed by atoms with Gasteiger partial charge in [0, 0.05) is 17.8 Å². The molecule has 1 aromatic heterocycles. The van der Waals surface area contributed by atoms with E-state index in [4.69, 9.17) is 5.11 Å². The predicted octanol–water partition coefficient (Wildman–Crippen LogP) is 4.97. The number of carboxylic acids is 1. The Morgan fingerprint density at radius 1 is 1.09 bits per heavy atom. The fourth-order valence-corrected chi connectivity index (χ4v) is 2.43.